The van der Waals surface area contributed by atoms with Crippen LogP contribution in [0.15, 0.2) is 18.2 Å². The van der Waals surface area contributed by atoms with Gasteiger partial charge >= 0.3 is 0 Å². The molecular weight excluding hydrogens is 250 g/mol. The standard InChI is InChI=1S/C17H27NO2/c1-5-6-7-10-17(3,4)12-18-16(20)14-9-8-13(2)11-15(14)19/h8-9,11,19H,5-7,10,12H2,1-4H3,(H,18,20). The number of unbranched alkanes of at least 4 members (excludes halogenated alkanes) is 2. The molecular formula is C17H27NO2. The van der Waals surface area contributed by atoms with Crippen molar-refractivity contribution in [2.45, 2.75) is 53.4 Å². The fourth-order valence-corrected chi connectivity index (χ4v) is 2.19. The molecule has 0 atom stereocenters. The number of hydrogen-bond acceptors (Lipinski definition) is 2. The Morgan fingerprint density at radius 3 is 2.60 bits per heavy atom. The van der Waals surface area contributed by atoms with E-state index in [2.05, 4.69) is 26.1 Å². The van der Waals surface area contributed by atoms with Crippen molar-refractivity contribution < 1.29 is 9.90 Å². The predicted octanol–water partition coefficient (Wildman–Crippen LogP) is 4.04. The molecule has 0 fully saturated rings. The highest BCUT2D eigenvalue weighted by molar-refractivity contribution is 5.96. The monoisotopic (exact) mass is 277 g/mol. The number of benzene rings is 1. The first-order valence-electron chi connectivity index (χ1n) is 7.43. The molecule has 3 heteroatoms. The Bertz CT molecular complexity index is 452. The van der Waals surface area contributed by atoms with Gasteiger partial charge in [0.15, 0.2) is 0 Å². The number of hydrogen-bond donors (Lipinski definition) is 2. The number of nitrogens with one attached hydrogen (secondary N) is 1. The number of aryl methyl sites for hydroxylation is 1. The molecule has 0 aliphatic rings. The van der Waals surface area contributed by atoms with Crippen LogP contribution in [-0.2, 0) is 0 Å². The zero-order chi connectivity index (χ0) is 15.2. The molecule has 2 N–H and O–H groups in total. The lowest BCUT2D eigenvalue weighted by Gasteiger charge is -2.25. The van der Waals surface area contributed by atoms with E-state index in [4.69, 9.17) is 0 Å². The van der Waals surface area contributed by atoms with Crippen LogP contribution >= 0.6 is 0 Å². The third-order valence-corrected chi connectivity index (χ3v) is 3.58. The van der Waals surface area contributed by atoms with Gasteiger partial charge in [-0.05, 0) is 36.5 Å². The van der Waals surface area contributed by atoms with Crippen LogP contribution in [0.3, 0.4) is 0 Å². The van der Waals surface area contributed by atoms with Crippen molar-refractivity contribution in [3.8, 4) is 5.75 Å². The van der Waals surface area contributed by atoms with Crippen molar-refractivity contribution in [1.29, 1.82) is 0 Å². The summed E-state index contributed by atoms with van der Waals surface area (Å²) in [6.45, 7) is 9.03. The summed E-state index contributed by atoms with van der Waals surface area (Å²) in [5.41, 5.74) is 1.38. The summed E-state index contributed by atoms with van der Waals surface area (Å²) >= 11 is 0. The maximum Gasteiger partial charge on any atom is 0.255 e. The van der Waals surface area contributed by atoms with E-state index < -0.39 is 0 Å². The molecule has 0 radical (unpaired) electrons. The SMILES string of the molecule is CCCCCC(C)(C)CNC(=O)c1ccc(C)cc1O. The Kier molecular flexibility index (Phi) is 6.05. The summed E-state index contributed by atoms with van der Waals surface area (Å²) in [4.78, 5) is 12.1. The van der Waals surface area contributed by atoms with Crippen LogP contribution in [0.1, 0.15) is 62.4 Å². The van der Waals surface area contributed by atoms with E-state index in [0.717, 1.165) is 12.0 Å². The first kappa shape index (κ1) is 16.5. The number of phenols is 1. The van der Waals surface area contributed by atoms with Crippen LogP contribution < -0.4 is 5.32 Å². The second-order valence-corrected chi connectivity index (χ2v) is 6.32. The summed E-state index contributed by atoms with van der Waals surface area (Å²) in [6, 6.07) is 5.12. The van der Waals surface area contributed by atoms with E-state index in [9.17, 15) is 9.90 Å². The lowest BCUT2D eigenvalue weighted by molar-refractivity contribution is 0.0931. The number of carbonyl (C=O) groups is 1. The van der Waals surface area contributed by atoms with Crippen LogP contribution in [0.5, 0.6) is 5.75 Å². The molecule has 3 nitrogen and oxygen atoms in total. The minimum absolute atomic E-state index is 0.0475. The van der Waals surface area contributed by atoms with E-state index in [1.54, 1.807) is 12.1 Å². The van der Waals surface area contributed by atoms with Crippen LogP contribution in [0.25, 0.3) is 0 Å². The van der Waals surface area contributed by atoms with E-state index in [0.29, 0.717) is 12.1 Å². The van der Waals surface area contributed by atoms with Crippen molar-refractivity contribution in [3.05, 3.63) is 29.3 Å². The summed E-state index contributed by atoms with van der Waals surface area (Å²) in [6.07, 6.45) is 4.73. The number of amides is 1. The first-order valence-corrected chi connectivity index (χ1v) is 7.43. The Labute approximate surface area is 122 Å². The molecule has 0 heterocycles. The van der Waals surface area contributed by atoms with Crippen LogP contribution in [-0.4, -0.2) is 17.6 Å². The average molecular weight is 277 g/mol. The fourth-order valence-electron chi connectivity index (χ4n) is 2.19. The van der Waals surface area contributed by atoms with Crippen LogP contribution in [0.2, 0.25) is 0 Å². The summed E-state index contributed by atoms with van der Waals surface area (Å²) in [5.74, 6) is -0.155. The minimum atomic E-state index is -0.203. The van der Waals surface area contributed by atoms with Gasteiger partial charge in [-0.1, -0.05) is 46.1 Å². The zero-order valence-electron chi connectivity index (χ0n) is 13.1. The average Bonchev–Trinajstić information content (AvgIpc) is 2.36. The lowest BCUT2D eigenvalue weighted by atomic mass is 9.87. The molecule has 0 aliphatic heterocycles. The van der Waals surface area contributed by atoms with E-state index in [1.807, 2.05) is 13.0 Å². The second-order valence-electron chi connectivity index (χ2n) is 6.32. The van der Waals surface area contributed by atoms with Crippen molar-refractivity contribution in [3.63, 3.8) is 0 Å². The molecule has 0 aliphatic carbocycles. The fraction of sp³-hybridized carbons (Fsp3) is 0.588. The predicted molar refractivity (Wildman–Crippen MR) is 83.1 cm³/mol. The first-order chi connectivity index (χ1) is 9.35. The minimum Gasteiger partial charge on any atom is -0.507 e. The maximum atomic E-state index is 12.1. The number of carbonyl (C=O) groups excluding carboxylic acids is 1. The Morgan fingerprint density at radius 1 is 1.30 bits per heavy atom. The quantitative estimate of drug-likeness (QED) is 0.739. The third-order valence-electron chi connectivity index (χ3n) is 3.58. The molecule has 0 saturated carbocycles. The van der Waals surface area contributed by atoms with E-state index in [1.165, 1.54) is 19.3 Å². The highest BCUT2D eigenvalue weighted by Crippen LogP contribution is 2.23. The van der Waals surface area contributed by atoms with Gasteiger partial charge in [-0.2, -0.15) is 0 Å². The van der Waals surface area contributed by atoms with Crippen molar-refractivity contribution in [1.82, 2.24) is 5.32 Å². The lowest BCUT2D eigenvalue weighted by Crippen LogP contribution is -2.34. The summed E-state index contributed by atoms with van der Waals surface area (Å²) in [5, 5.41) is 12.7. The van der Waals surface area contributed by atoms with Gasteiger partial charge < -0.3 is 10.4 Å². The van der Waals surface area contributed by atoms with Crippen molar-refractivity contribution in [2.75, 3.05) is 6.54 Å². The van der Waals surface area contributed by atoms with Gasteiger partial charge in [-0.15, -0.1) is 0 Å². The molecule has 0 spiro atoms. The van der Waals surface area contributed by atoms with Crippen molar-refractivity contribution >= 4 is 5.91 Å². The van der Waals surface area contributed by atoms with Gasteiger partial charge in [-0.25, -0.2) is 0 Å². The van der Waals surface area contributed by atoms with Gasteiger partial charge in [0.25, 0.3) is 5.91 Å². The number of phenolic OH excluding ortho intramolecular Hbond substituents is 1. The molecule has 112 valence electrons. The van der Waals surface area contributed by atoms with Gasteiger partial charge in [-0.3, -0.25) is 4.79 Å². The normalized spacial score (nSPS) is 11.4. The molecule has 1 aromatic rings. The molecule has 1 rings (SSSR count). The second kappa shape index (κ2) is 7.32. The Balaban J connectivity index is 2.54. The largest absolute Gasteiger partial charge is 0.507 e. The molecule has 0 saturated heterocycles. The Hall–Kier alpha value is -1.51. The van der Waals surface area contributed by atoms with E-state index >= 15 is 0 Å². The molecule has 0 unspecified atom stereocenters. The highest BCUT2D eigenvalue weighted by atomic mass is 16.3. The van der Waals surface area contributed by atoms with Crippen LogP contribution in [0, 0.1) is 12.3 Å². The molecule has 1 amide bonds. The van der Waals surface area contributed by atoms with Crippen molar-refractivity contribution in [2.24, 2.45) is 5.41 Å². The van der Waals surface area contributed by atoms with Gasteiger partial charge in [0, 0.05) is 6.54 Å². The number of aromatic hydroxyl groups is 1. The Morgan fingerprint density at radius 2 is 2.00 bits per heavy atom. The van der Waals surface area contributed by atoms with Gasteiger partial charge in [0.2, 0.25) is 0 Å². The molecule has 1 aromatic carbocycles. The molecule has 20 heavy (non-hydrogen) atoms. The van der Waals surface area contributed by atoms with Gasteiger partial charge in [0.1, 0.15) is 5.75 Å². The molecule has 0 aromatic heterocycles. The third kappa shape index (κ3) is 5.24. The zero-order valence-corrected chi connectivity index (χ0v) is 13.1. The van der Waals surface area contributed by atoms with E-state index in [-0.39, 0.29) is 17.1 Å². The van der Waals surface area contributed by atoms with Gasteiger partial charge in [0.05, 0.1) is 5.56 Å². The summed E-state index contributed by atoms with van der Waals surface area (Å²) < 4.78 is 0. The van der Waals surface area contributed by atoms with Crippen LogP contribution in [0.4, 0.5) is 0 Å². The topological polar surface area (TPSA) is 49.3 Å². The smallest absolute Gasteiger partial charge is 0.255 e. The summed E-state index contributed by atoms with van der Waals surface area (Å²) in [7, 11) is 0. The highest BCUT2D eigenvalue weighted by Gasteiger charge is 2.19. The maximum absolute atomic E-state index is 12.1. The molecule has 0 bridgehead atoms. The number of rotatable bonds is 7.